The standard InChI is InChI=1S/C14H13N7OS3/c1-2-8-23-14-18-16-12(25-14)15-11(22)9-24-13-17-19-20-21(13)10-6-4-3-5-7-10/h2-7H,1,8-9H2,(H,15,16,22). The van der Waals surface area contributed by atoms with E-state index >= 15 is 0 Å². The number of nitrogens with one attached hydrogen (secondary N) is 1. The highest BCUT2D eigenvalue weighted by atomic mass is 32.2. The van der Waals surface area contributed by atoms with E-state index in [9.17, 15) is 4.79 Å². The average molecular weight is 392 g/mol. The molecule has 1 N–H and O–H groups in total. The number of anilines is 1. The predicted molar refractivity (Wildman–Crippen MR) is 99.3 cm³/mol. The molecule has 128 valence electrons. The maximum absolute atomic E-state index is 12.1. The molecule has 11 heteroatoms. The number of hydrogen-bond acceptors (Lipinski definition) is 9. The molecule has 0 saturated carbocycles. The highest BCUT2D eigenvalue weighted by molar-refractivity contribution is 8.01. The number of amides is 1. The van der Waals surface area contributed by atoms with Crippen LogP contribution in [0.4, 0.5) is 5.13 Å². The Hall–Kier alpha value is -2.24. The largest absolute Gasteiger partial charge is 0.300 e. The summed E-state index contributed by atoms with van der Waals surface area (Å²) in [6.07, 6.45) is 1.79. The van der Waals surface area contributed by atoms with Crippen molar-refractivity contribution in [2.24, 2.45) is 0 Å². The van der Waals surface area contributed by atoms with E-state index in [0.717, 1.165) is 15.8 Å². The molecule has 0 aliphatic carbocycles. The molecule has 3 aromatic rings. The second-order valence-electron chi connectivity index (χ2n) is 4.52. The van der Waals surface area contributed by atoms with Gasteiger partial charge in [0.05, 0.1) is 11.4 Å². The molecule has 3 rings (SSSR count). The summed E-state index contributed by atoms with van der Waals surface area (Å²) in [5.74, 6) is 0.728. The van der Waals surface area contributed by atoms with Crippen molar-refractivity contribution in [3.8, 4) is 5.69 Å². The van der Waals surface area contributed by atoms with Gasteiger partial charge in [-0.15, -0.1) is 21.9 Å². The lowest BCUT2D eigenvalue weighted by atomic mass is 10.3. The number of para-hydroxylation sites is 1. The zero-order valence-corrected chi connectivity index (χ0v) is 15.4. The van der Waals surface area contributed by atoms with Crippen LogP contribution in [0.15, 0.2) is 52.5 Å². The summed E-state index contributed by atoms with van der Waals surface area (Å²) < 4.78 is 2.38. The van der Waals surface area contributed by atoms with Crippen LogP contribution in [0.2, 0.25) is 0 Å². The Morgan fingerprint density at radius 1 is 1.24 bits per heavy atom. The molecule has 25 heavy (non-hydrogen) atoms. The fraction of sp³-hybridized carbons (Fsp3) is 0.143. The summed E-state index contributed by atoms with van der Waals surface area (Å²) in [6.45, 7) is 3.65. The van der Waals surface area contributed by atoms with Crippen molar-refractivity contribution in [1.29, 1.82) is 0 Å². The van der Waals surface area contributed by atoms with E-state index in [1.807, 2.05) is 30.3 Å². The smallest absolute Gasteiger partial charge is 0.236 e. The summed E-state index contributed by atoms with van der Waals surface area (Å²) in [5, 5.41) is 23.3. The summed E-state index contributed by atoms with van der Waals surface area (Å²) in [7, 11) is 0. The van der Waals surface area contributed by atoms with E-state index in [4.69, 9.17) is 0 Å². The molecule has 1 aromatic carbocycles. The summed E-state index contributed by atoms with van der Waals surface area (Å²) in [6, 6.07) is 9.50. The molecule has 1 amide bonds. The van der Waals surface area contributed by atoms with Gasteiger partial charge in [0.15, 0.2) is 4.34 Å². The number of thioether (sulfide) groups is 2. The average Bonchev–Trinajstić information content (AvgIpc) is 3.28. The minimum Gasteiger partial charge on any atom is -0.300 e. The fourth-order valence-electron chi connectivity index (χ4n) is 1.73. The van der Waals surface area contributed by atoms with E-state index in [2.05, 4.69) is 37.6 Å². The molecule has 0 atom stereocenters. The maximum Gasteiger partial charge on any atom is 0.236 e. The van der Waals surface area contributed by atoms with Gasteiger partial charge in [0.2, 0.25) is 16.2 Å². The van der Waals surface area contributed by atoms with Crippen molar-refractivity contribution in [2.75, 3.05) is 16.8 Å². The number of carbonyl (C=O) groups excluding carboxylic acids is 1. The number of hydrogen-bond donors (Lipinski definition) is 1. The van der Waals surface area contributed by atoms with Crippen LogP contribution in [0, 0.1) is 0 Å². The number of tetrazole rings is 1. The van der Waals surface area contributed by atoms with Crippen LogP contribution < -0.4 is 5.32 Å². The lowest BCUT2D eigenvalue weighted by Crippen LogP contribution is -2.14. The molecule has 0 fully saturated rings. The summed E-state index contributed by atoms with van der Waals surface area (Å²) >= 11 is 4.10. The van der Waals surface area contributed by atoms with Crippen LogP contribution in [-0.2, 0) is 4.79 Å². The molecule has 0 aliphatic rings. The lowest BCUT2D eigenvalue weighted by Gasteiger charge is -2.03. The van der Waals surface area contributed by atoms with Crippen molar-refractivity contribution in [3.05, 3.63) is 43.0 Å². The van der Waals surface area contributed by atoms with Crippen LogP contribution in [0.1, 0.15) is 0 Å². The van der Waals surface area contributed by atoms with Gasteiger partial charge in [0.1, 0.15) is 0 Å². The Morgan fingerprint density at radius 2 is 2.08 bits per heavy atom. The molecule has 0 radical (unpaired) electrons. The second kappa shape index (κ2) is 8.74. The highest BCUT2D eigenvalue weighted by Crippen LogP contribution is 2.25. The Bertz CT molecular complexity index is 849. The van der Waals surface area contributed by atoms with Crippen LogP contribution in [0.3, 0.4) is 0 Å². The van der Waals surface area contributed by atoms with Crippen molar-refractivity contribution in [2.45, 2.75) is 9.50 Å². The third kappa shape index (κ3) is 4.87. The number of carbonyl (C=O) groups is 1. The highest BCUT2D eigenvalue weighted by Gasteiger charge is 2.13. The van der Waals surface area contributed by atoms with Gasteiger partial charge in [-0.05, 0) is 22.6 Å². The Kier molecular flexibility index (Phi) is 6.14. The van der Waals surface area contributed by atoms with Gasteiger partial charge in [-0.3, -0.25) is 10.1 Å². The Balaban J connectivity index is 1.56. The topological polar surface area (TPSA) is 98.5 Å². The van der Waals surface area contributed by atoms with Gasteiger partial charge in [0, 0.05) is 5.75 Å². The van der Waals surface area contributed by atoms with Crippen molar-refractivity contribution < 1.29 is 4.79 Å². The third-order valence-electron chi connectivity index (χ3n) is 2.75. The molecule has 2 heterocycles. The van der Waals surface area contributed by atoms with E-state index in [1.54, 1.807) is 10.8 Å². The van der Waals surface area contributed by atoms with Crippen LogP contribution in [-0.4, -0.2) is 47.8 Å². The van der Waals surface area contributed by atoms with Crippen molar-refractivity contribution in [1.82, 2.24) is 30.4 Å². The first-order valence-corrected chi connectivity index (χ1v) is 9.88. The van der Waals surface area contributed by atoms with Crippen LogP contribution in [0.5, 0.6) is 0 Å². The lowest BCUT2D eigenvalue weighted by molar-refractivity contribution is -0.113. The number of rotatable bonds is 8. The first-order chi connectivity index (χ1) is 12.3. The van der Waals surface area contributed by atoms with Crippen LogP contribution in [0.25, 0.3) is 5.69 Å². The van der Waals surface area contributed by atoms with Crippen molar-refractivity contribution in [3.63, 3.8) is 0 Å². The molecular formula is C14H13N7OS3. The summed E-state index contributed by atoms with van der Waals surface area (Å²) in [5.41, 5.74) is 0.836. The Morgan fingerprint density at radius 3 is 2.88 bits per heavy atom. The molecule has 0 bridgehead atoms. The molecule has 8 nitrogen and oxygen atoms in total. The van der Waals surface area contributed by atoms with Gasteiger partial charge in [-0.1, -0.05) is 59.1 Å². The van der Waals surface area contributed by atoms with Gasteiger partial charge in [-0.25, -0.2) is 0 Å². The van der Waals surface area contributed by atoms with E-state index in [-0.39, 0.29) is 11.7 Å². The van der Waals surface area contributed by atoms with Gasteiger partial charge in [-0.2, -0.15) is 4.68 Å². The van der Waals surface area contributed by atoms with E-state index in [1.165, 1.54) is 34.9 Å². The first-order valence-electron chi connectivity index (χ1n) is 7.10. The molecule has 0 unspecified atom stereocenters. The fourth-order valence-corrected chi connectivity index (χ4v) is 3.95. The summed E-state index contributed by atoms with van der Waals surface area (Å²) in [4.78, 5) is 12.1. The molecule has 0 spiro atoms. The van der Waals surface area contributed by atoms with Crippen molar-refractivity contribution >= 4 is 45.9 Å². The third-order valence-corrected chi connectivity index (χ3v) is 5.64. The van der Waals surface area contributed by atoms with Gasteiger partial charge < -0.3 is 0 Å². The SMILES string of the molecule is C=CCSc1nnc(NC(=O)CSc2nnnn2-c2ccccc2)s1. The Labute approximate surface area is 156 Å². The normalized spacial score (nSPS) is 10.6. The zero-order valence-electron chi connectivity index (χ0n) is 12.9. The second-order valence-corrected chi connectivity index (χ2v) is 7.71. The first kappa shape index (κ1) is 17.6. The zero-order chi connectivity index (χ0) is 17.5. The molecule has 2 aromatic heterocycles. The molecule has 0 aliphatic heterocycles. The predicted octanol–water partition coefficient (Wildman–Crippen LogP) is 2.52. The maximum atomic E-state index is 12.1. The van der Waals surface area contributed by atoms with Crippen LogP contribution >= 0.6 is 34.9 Å². The van der Waals surface area contributed by atoms with Gasteiger partial charge >= 0.3 is 0 Å². The monoisotopic (exact) mass is 391 g/mol. The quantitative estimate of drug-likeness (QED) is 0.355. The number of aromatic nitrogens is 6. The van der Waals surface area contributed by atoms with E-state index < -0.39 is 0 Å². The van der Waals surface area contributed by atoms with E-state index in [0.29, 0.717) is 10.3 Å². The molecule has 0 saturated heterocycles. The van der Waals surface area contributed by atoms with Gasteiger partial charge in [0.25, 0.3) is 0 Å². The minimum atomic E-state index is -0.191. The number of benzene rings is 1. The minimum absolute atomic E-state index is 0.169. The molecular weight excluding hydrogens is 378 g/mol. The number of nitrogens with zero attached hydrogens (tertiary/aromatic N) is 6.